The second-order valence-corrected chi connectivity index (χ2v) is 7.21. The predicted octanol–water partition coefficient (Wildman–Crippen LogP) is 2.97. The van der Waals surface area contributed by atoms with Gasteiger partial charge in [0.15, 0.2) is 5.60 Å². The zero-order valence-corrected chi connectivity index (χ0v) is 14.2. The van der Waals surface area contributed by atoms with E-state index < -0.39 is 11.6 Å². The highest BCUT2D eigenvalue weighted by Gasteiger charge is 2.42. The largest absolute Gasteiger partial charge is 0.463 e. The van der Waals surface area contributed by atoms with Gasteiger partial charge in [0.1, 0.15) is 6.61 Å². The van der Waals surface area contributed by atoms with E-state index in [0.717, 1.165) is 12.8 Å². The summed E-state index contributed by atoms with van der Waals surface area (Å²) < 4.78 is 5.59. The Morgan fingerprint density at radius 1 is 1.12 bits per heavy atom. The Hall–Kier alpha value is -2.17. The van der Waals surface area contributed by atoms with Crippen LogP contribution in [0, 0.1) is 0 Å². The Balaban J connectivity index is 1.54. The zero-order chi connectivity index (χ0) is 17.4. The number of hydrogen-bond acceptors (Lipinski definition) is 4. The molecule has 0 radical (unpaired) electrons. The molecule has 0 aromatic heterocycles. The average Bonchev–Trinajstić information content (AvgIpc) is 2.93. The molecule has 25 heavy (non-hydrogen) atoms. The highest BCUT2D eigenvalue weighted by atomic mass is 16.5. The van der Waals surface area contributed by atoms with Gasteiger partial charge >= 0.3 is 5.97 Å². The summed E-state index contributed by atoms with van der Waals surface area (Å²) in [4.78, 5) is 12.5. The molecular weight excluding hydrogens is 314 g/mol. The average molecular weight is 337 g/mol. The molecule has 4 heteroatoms. The molecule has 0 unspecified atom stereocenters. The van der Waals surface area contributed by atoms with Gasteiger partial charge in [0.05, 0.1) is 0 Å². The third kappa shape index (κ3) is 2.86. The standard InChI is InChI=1S/C21H23NO3/c22-14-6-5-11-21(24,12-14)20(23)25-13-19-17-9-3-1-7-15(17)16-8-2-4-10-18(16)19/h1-4,7-10,14,19,24H,5-6,11-13,22H2/t14-,21-/m1/s1. The van der Waals surface area contributed by atoms with Crippen molar-refractivity contribution >= 4 is 5.97 Å². The molecule has 2 atom stereocenters. The van der Waals surface area contributed by atoms with Crippen molar-refractivity contribution in [3.63, 3.8) is 0 Å². The maximum absolute atomic E-state index is 12.5. The smallest absolute Gasteiger partial charge is 0.338 e. The number of rotatable bonds is 3. The quantitative estimate of drug-likeness (QED) is 0.845. The van der Waals surface area contributed by atoms with E-state index >= 15 is 0 Å². The Kier molecular flexibility index (Phi) is 4.10. The van der Waals surface area contributed by atoms with Crippen LogP contribution in [-0.2, 0) is 9.53 Å². The number of fused-ring (bicyclic) bond motifs is 3. The number of esters is 1. The van der Waals surface area contributed by atoms with Crippen LogP contribution < -0.4 is 5.73 Å². The van der Waals surface area contributed by atoms with Gasteiger partial charge in [0.25, 0.3) is 0 Å². The van der Waals surface area contributed by atoms with E-state index in [-0.39, 0.29) is 25.0 Å². The van der Waals surface area contributed by atoms with E-state index in [1.807, 2.05) is 24.3 Å². The molecule has 1 fully saturated rings. The molecule has 0 bridgehead atoms. The number of hydrogen-bond donors (Lipinski definition) is 2. The number of nitrogens with two attached hydrogens (primary N) is 1. The van der Waals surface area contributed by atoms with Crippen LogP contribution >= 0.6 is 0 Å². The van der Waals surface area contributed by atoms with Gasteiger partial charge in [-0.15, -0.1) is 0 Å². The van der Waals surface area contributed by atoms with E-state index in [1.165, 1.54) is 22.3 Å². The molecule has 2 aromatic carbocycles. The van der Waals surface area contributed by atoms with Crippen molar-refractivity contribution < 1.29 is 14.6 Å². The number of carbonyl (C=O) groups is 1. The molecule has 4 nitrogen and oxygen atoms in total. The molecule has 4 rings (SSSR count). The maximum Gasteiger partial charge on any atom is 0.338 e. The number of ether oxygens (including phenoxy) is 1. The van der Waals surface area contributed by atoms with Crippen LogP contribution in [-0.4, -0.2) is 29.3 Å². The van der Waals surface area contributed by atoms with Crippen LogP contribution in [0.5, 0.6) is 0 Å². The summed E-state index contributed by atoms with van der Waals surface area (Å²) in [6, 6.07) is 16.3. The Labute approximate surface area is 147 Å². The van der Waals surface area contributed by atoms with E-state index in [9.17, 15) is 9.90 Å². The fourth-order valence-corrected chi connectivity index (χ4v) is 4.21. The topological polar surface area (TPSA) is 72.5 Å². The number of carbonyl (C=O) groups excluding carboxylic acids is 1. The SMILES string of the molecule is N[C@@H]1CCC[C@](O)(C(=O)OCC2c3ccccc3-c3ccccc32)C1. The molecule has 0 amide bonds. The van der Waals surface area contributed by atoms with Crippen molar-refractivity contribution in [2.24, 2.45) is 5.73 Å². The molecule has 0 heterocycles. The summed E-state index contributed by atoms with van der Waals surface area (Å²) in [7, 11) is 0. The second-order valence-electron chi connectivity index (χ2n) is 7.21. The van der Waals surface area contributed by atoms with Gasteiger partial charge in [-0.3, -0.25) is 0 Å². The first-order valence-corrected chi connectivity index (χ1v) is 8.92. The van der Waals surface area contributed by atoms with Gasteiger partial charge in [0.2, 0.25) is 0 Å². The van der Waals surface area contributed by atoms with Crippen LogP contribution in [0.4, 0.5) is 0 Å². The maximum atomic E-state index is 12.5. The minimum atomic E-state index is -1.44. The number of benzene rings is 2. The molecule has 0 spiro atoms. The first kappa shape index (κ1) is 16.3. The summed E-state index contributed by atoms with van der Waals surface area (Å²) in [6.45, 7) is 0.240. The lowest BCUT2D eigenvalue weighted by Crippen LogP contribution is -2.48. The van der Waals surface area contributed by atoms with Crippen molar-refractivity contribution in [3.05, 3.63) is 59.7 Å². The van der Waals surface area contributed by atoms with E-state index in [1.54, 1.807) is 0 Å². The monoisotopic (exact) mass is 337 g/mol. The van der Waals surface area contributed by atoms with Gasteiger partial charge in [0, 0.05) is 18.4 Å². The lowest BCUT2D eigenvalue weighted by Gasteiger charge is -2.33. The Morgan fingerprint density at radius 3 is 2.32 bits per heavy atom. The Morgan fingerprint density at radius 2 is 1.72 bits per heavy atom. The van der Waals surface area contributed by atoms with Crippen molar-refractivity contribution in [2.75, 3.05) is 6.61 Å². The lowest BCUT2D eigenvalue weighted by molar-refractivity contribution is -0.169. The molecule has 130 valence electrons. The first-order valence-electron chi connectivity index (χ1n) is 8.92. The minimum Gasteiger partial charge on any atom is -0.463 e. The molecule has 3 N–H and O–H groups in total. The molecule has 0 aliphatic heterocycles. The van der Waals surface area contributed by atoms with E-state index in [2.05, 4.69) is 24.3 Å². The van der Waals surface area contributed by atoms with Gasteiger partial charge < -0.3 is 15.6 Å². The van der Waals surface area contributed by atoms with Gasteiger partial charge in [-0.1, -0.05) is 48.5 Å². The summed E-state index contributed by atoms with van der Waals surface area (Å²) in [6.07, 6.45) is 2.31. The van der Waals surface area contributed by atoms with Crippen molar-refractivity contribution in [2.45, 2.75) is 43.2 Å². The molecule has 2 aliphatic carbocycles. The normalized spacial score (nSPS) is 25.3. The van der Waals surface area contributed by atoms with Crippen LogP contribution in [0.2, 0.25) is 0 Å². The molecule has 2 aromatic rings. The summed E-state index contributed by atoms with van der Waals surface area (Å²) >= 11 is 0. The predicted molar refractivity (Wildman–Crippen MR) is 96.1 cm³/mol. The summed E-state index contributed by atoms with van der Waals surface area (Å²) in [5.41, 5.74) is 9.21. The third-order valence-electron chi connectivity index (χ3n) is 5.49. The van der Waals surface area contributed by atoms with Crippen LogP contribution in [0.1, 0.15) is 42.7 Å². The minimum absolute atomic E-state index is 0.0113. The van der Waals surface area contributed by atoms with Crippen molar-refractivity contribution in [1.29, 1.82) is 0 Å². The molecule has 2 aliphatic rings. The Bertz CT molecular complexity index is 758. The van der Waals surface area contributed by atoms with Gasteiger partial charge in [-0.25, -0.2) is 4.79 Å². The summed E-state index contributed by atoms with van der Waals surface area (Å²) in [5, 5.41) is 10.6. The van der Waals surface area contributed by atoms with Crippen LogP contribution in [0.15, 0.2) is 48.5 Å². The molecule has 0 saturated heterocycles. The highest BCUT2D eigenvalue weighted by molar-refractivity contribution is 5.81. The van der Waals surface area contributed by atoms with Gasteiger partial charge in [-0.2, -0.15) is 0 Å². The van der Waals surface area contributed by atoms with E-state index in [0.29, 0.717) is 6.42 Å². The third-order valence-corrected chi connectivity index (χ3v) is 5.49. The first-order chi connectivity index (χ1) is 12.1. The number of aliphatic hydroxyl groups is 1. The zero-order valence-electron chi connectivity index (χ0n) is 14.2. The van der Waals surface area contributed by atoms with E-state index in [4.69, 9.17) is 10.5 Å². The fourth-order valence-electron chi connectivity index (χ4n) is 4.21. The lowest BCUT2D eigenvalue weighted by atomic mass is 9.82. The van der Waals surface area contributed by atoms with Crippen molar-refractivity contribution in [3.8, 4) is 11.1 Å². The van der Waals surface area contributed by atoms with Crippen LogP contribution in [0.25, 0.3) is 11.1 Å². The molecular formula is C21H23NO3. The second kappa shape index (κ2) is 6.28. The summed E-state index contributed by atoms with van der Waals surface area (Å²) in [5.74, 6) is -0.526. The van der Waals surface area contributed by atoms with Gasteiger partial charge in [-0.05, 0) is 41.5 Å². The fraction of sp³-hybridized carbons (Fsp3) is 0.381. The van der Waals surface area contributed by atoms with Crippen molar-refractivity contribution in [1.82, 2.24) is 0 Å². The van der Waals surface area contributed by atoms with Crippen LogP contribution in [0.3, 0.4) is 0 Å². The molecule has 1 saturated carbocycles. The highest BCUT2D eigenvalue weighted by Crippen LogP contribution is 2.44.